The quantitative estimate of drug-likeness (QED) is 0.742. The highest BCUT2D eigenvalue weighted by Crippen LogP contribution is 2.22. The molecule has 0 fully saturated rings. The summed E-state index contributed by atoms with van der Waals surface area (Å²) in [4.78, 5) is 12.9. The SMILES string of the molecule is Cc1ccc(N(CCCCC(C)(C)C#N)CC(=O)O)cc1. The Morgan fingerprint density at radius 2 is 1.90 bits per heavy atom. The number of rotatable bonds is 8. The molecule has 0 saturated heterocycles. The van der Waals surface area contributed by atoms with E-state index in [1.165, 1.54) is 0 Å². The molecule has 0 unspecified atom stereocenters. The number of hydrogen-bond donors (Lipinski definition) is 1. The predicted octanol–water partition coefficient (Wildman–Crippen LogP) is 3.61. The van der Waals surface area contributed by atoms with Gasteiger partial charge >= 0.3 is 5.97 Å². The van der Waals surface area contributed by atoms with Crippen molar-refractivity contribution in [1.82, 2.24) is 0 Å². The fourth-order valence-corrected chi connectivity index (χ4v) is 2.14. The van der Waals surface area contributed by atoms with Crippen molar-refractivity contribution < 1.29 is 9.90 Å². The highest BCUT2D eigenvalue weighted by atomic mass is 16.4. The van der Waals surface area contributed by atoms with Crippen molar-refractivity contribution >= 4 is 11.7 Å². The van der Waals surface area contributed by atoms with Crippen molar-refractivity contribution in [3.05, 3.63) is 29.8 Å². The zero-order chi connectivity index (χ0) is 15.9. The number of carboxylic acid groups (broad SMARTS) is 1. The van der Waals surface area contributed by atoms with Gasteiger partial charge in [-0.1, -0.05) is 24.1 Å². The zero-order valence-electron chi connectivity index (χ0n) is 13.1. The van der Waals surface area contributed by atoms with Crippen molar-refractivity contribution in [3.63, 3.8) is 0 Å². The van der Waals surface area contributed by atoms with Crippen LogP contribution >= 0.6 is 0 Å². The van der Waals surface area contributed by atoms with Crippen LogP contribution in [0.2, 0.25) is 0 Å². The molecule has 0 saturated carbocycles. The van der Waals surface area contributed by atoms with Crippen LogP contribution in [0.25, 0.3) is 0 Å². The fraction of sp³-hybridized carbons (Fsp3) is 0.529. The molecule has 1 rings (SSSR count). The van der Waals surface area contributed by atoms with Crippen LogP contribution in [0.4, 0.5) is 5.69 Å². The van der Waals surface area contributed by atoms with E-state index in [0.29, 0.717) is 6.54 Å². The average molecular weight is 288 g/mol. The highest BCUT2D eigenvalue weighted by Gasteiger charge is 2.16. The molecule has 0 aliphatic heterocycles. The van der Waals surface area contributed by atoms with Crippen LogP contribution in [0.5, 0.6) is 0 Å². The van der Waals surface area contributed by atoms with Gasteiger partial charge in [0, 0.05) is 12.2 Å². The summed E-state index contributed by atoms with van der Waals surface area (Å²) in [7, 11) is 0. The summed E-state index contributed by atoms with van der Waals surface area (Å²) in [5.74, 6) is -0.826. The van der Waals surface area contributed by atoms with E-state index in [9.17, 15) is 4.79 Å². The van der Waals surface area contributed by atoms with E-state index in [0.717, 1.165) is 30.5 Å². The standard InChI is InChI=1S/C17H24N2O2/c1-14-6-8-15(9-7-14)19(12-16(20)21)11-5-4-10-17(2,3)13-18/h6-9H,4-5,10-12H2,1-3H3,(H,20,21). The summed E-state index contributed by atoms with van der Waals surface area (Å²) in [5, 5.41) is 18.0. The van der Waals surface area contributed by atoms with Gasteiger partial charge in [-0.3, -0.25) is 4.79 Å². The Morgan fingerprint density at radius 1 is 1.29 bits per heavy atom. The van der Waals surface area contributed by atoms with Crippen molar-refractivity contribution in [1.29, 1.82) is 5.26 Å². The van der Waals surface area contributed by atoms with Gasteiger partial charge in [0.1, 0.15) is 6.54 Å². The average Bonchev–Trinajstić information content (AvgIpc) is 2.43. The van der Waals surface area contributed by atoms with Gasteiger partial charge in [-0.15, -0.1) is 0 Å². The molecule has 114 valence electrons. The lowest BCUT2D eigenvalue weighted by molar-refractivity contribution is -0.135. The van der Waals surface area contributed by atoms with Crippen LogP contribution in [-0.4, -0.2) is 24.2 Å². The molecule has 1 aromatic carbocycles. The van der Waals surface area contributed by atoms with E-state index < -0.39 is 5.97 Å². The van der Waals surface area contributed by atoms with Crippen molar-refractivity contribution in [3.8, 4) is 6.07 Å². The number of carboxylic acids is 1. The molecule has 0 heterocycles. The minimum absolute atomic E-state index is 0.00467. The minimum atomic E-state index is -0.826. The normalized spacial score (nSPS) is 11.0. The van der Waals surface area contributed by atoms with Gasteiger partial charge < -0.3 is 10.0 Å². The molecule has 0 atom stereocenters. The summed E-state index contributed by atoms with van der Waals surface area (Å²) >= 11 is 0. The monoisotopic (exact) mass is 288 g/mol. The van der Waals surface area contributed by atoms with Gasteiger partial charge in [0.15, 0.2) is 0 Å². The van der Waals surface area contributed by atoms with Crippen LogP contribution in [0, 0.1) is 23.7 Å². The molecule has 4 nitrogen and oxygen atoms in total. The lowest BCUT2D eigenvalue weighted by atomic mass is 9.89. The van der Waals surface area contributed by atoms with E-state index >= 15 is 0 Å². The molecular weight excluding hydrogens is 264 g/mol. The third-order valence-electron chi connectivity index (χ3n) is 3.51. The Morgan fingerprint density at radius 3 is 2.43 bits per heavy atom. The summed E-state index contributed by atoms with van der Waals surface area (Å²) in [5.41, 5.74) is 1.79. The lowest BCUT2D eigenvalue weighted by Crippen LogP contribution is -2.30. The molecule has 0 aromatic heterocycles. The number of benzene rings is 1. The second-order valence-corrected chi connectivity index (χ2v) is 6.10. The van der Waals surface area contributed by atoms with Crippen LogP contribution in [0.15, 0.2) is 24.3 Å². The number of aliphatic carboxylic acids is 1. The maximum absolute atomic E-state index is 11.0. The largest absolute Gasteiger partial charge is 0.480 e. The zero-order valence-corrected chi connectivity index (χ0v) is 13.1. The number of hydrogen-bond acceptors (Lipinski definition) is 3. The maximum Gasteiger partial charge on any atom is 0.323 e. The number of unbranched alkanes of at least 4 members (excludes halogenated alkanes) is 1. The summed E-state index contributed by atoms with van der Waals surface area (Å²) in [6.45, 7) is 6.57. The molecular formula is C17H24N2O2. The van der Waals surface area contributed by atoms with Gasteiger partial charge in [-0.25, -0.2) is 0 Å². The summed E-state index contributed by atoms with van der Waals surface area (Å²) in [6, 6.07) is 10.2. The first-order chi connectivity index (χ1) is 9.84. The Balaban J connectivity index is 2.57. The summed E-state index contributed by atoms with van der Waals surface area (Å²) in [6.07, 6.45) is 2.63. The fourth-order valence-electron chi connectivity index (χ4n) is 2.14. The molecule has 21 heavy (non-hydrogen) atoms. The van der Waals surface area contributed by atoms with Gasteiger partial charge in [-0.05, 0) is 45.7 Å². The van der Waals surface area contributed by atoms with E-state index in [1.54, 1.807) is 0 Å². The Labute approximate surface area is 127 Å². The highest BCUT2D eigenvalue weighted by molar-refractivity contribution is 5.73. The summed E-state index contributed by atoms with van der Waals surface area (Å²) < 4.78 is 0. The first-order valence-electron chi connectivity index (χ1n) is 7.29. The first-order valence-corrected chi connectivity index (χ1v) is 7.29. The smallest absolute Gasteiger partial charge is 0.323 e. The Bertz CT molecular complexity index is 501. The number of aryl methyl sites for hydroxylation is 1. The van der Waals surface area contributed by atoms with Crippen LogP contribution < -0.4 is 4.90 Å². The van der Waals surface area contributed by atoms with Crippen molar-refractivity contribution in [2.24, 2.45) is 5.41 Å². The maximum atomic E-state index is 11.0. The molecule has 0 spiro atoms. The number of nitrogens with zero attached hydrogens (tertiary/aromatic N) is 2. The van der Waals surface area contributed by atoms with Gasteiger partial charge in [0.05, 0.1) is 11.5 Å². The van der Waals surface area contributed by atoms with Gasteiger partial charge in [0.25, 0.3) is 0 Å². The number of anilines is 1. The Kier molecular flexibility index (Phi) is 6.23. The third kappa shape index (κ3) is 6.31. The molecule has 0 aliphatic carbocycles. The van der Waals surface area contributed by atoms with Crippen LogP contribution in [-0.2, 0) is 4.79 Å². The first kappa shape index (κ1) is 17.0. The van der Waals surface area contributed by atoms with Crippen molar-refractivity contribution in [2.75, 3.05) is 18.0 Å². The Hall–Kier alpha value is -2.02. The van der Waals surface area contributed by atoms with E-state index in [4.69, 9.17) is 10.4 Å². The predicted molar refractivity (Wildman–Crippen MR) is 84.3 cm³/mol. The molecule has 0 bridgehead atoms. The number of carbonyl (C=O) groups is 1. The molecule has 0 amide bonds. The molecule has 1 N–H and O–H groups in total. The second-order valence-electron chi connectivity index (χ2n) is 6.10. The topological polar surface area (TPSA) is 64.3 Å². The van der Waals surface area contributed by atoms with Crippen molar-refractivity contribution in [2.45, 2.75) is 40.0 Å². The van der Waals surface area contributed by atoms with Gasteiger partial charge in [0.2, 0.25) is 0 Å². The van der Waals surface area contributed by atoms with E-state index in [1.807, 2.05) is 49.9 Å². The molecule has 4 heteroatoms. The minimum Gasteiger partial charge on any atom is -0.480 e. The molecule has 0 radical (unpaired) electrons. The van der Waals surface area contributed by atoms with Crippen LogP contribution in [0.3, 0.4) is 0 Å². The lowest BCUT2D eigenvalue weighted by Gasteiger charge is -2.23. The van der Waals surface area contributed by atoms with E-state index in [-0.39, 0.29) is 12.0 Å². The number of nitriles is 1. The van der Waals surface area contributed by atoms with Gasteiger partial charge in [-0.2, -0.15) is 5.26 Å². The van der Waals surface area contributed by atoms with E-state index in [2.05, 4.69) is 6.07 Å². The molecule has 1 aromatic rings. The molecule has 0 aliphatic rings. The third-order valence-corrected chi connectivity index (χ3v) is 3.51. The van der Waals surface area contributed by atoms with Crippen LogP contribution in [0.1, 0.15) is 38.7 Å². The second kappa shape index (κ2) is 7.68.